The van der Waals surface area contributed by atoms with E-state index >= 15 is 0 Å². The van der Waals surface area contributed by atoms with Gasteiger partial charge in [-0.25, -0.2) is 0 Å². The number of aromatic nitrogens is 1. The van der Waals surface area contributed by atoms with Crippen molar-refractivity contribution in [1.29, 1.82) is 5.26 Å². The summed E-state index contributed by atoms with van der Waals surface area (Å²) in [5, 5.41) is 8.98. The smallest absolute Gasteiger partial charge is 0.207 e. The Balaban J connectivity index is 0.00000144. The molecule has 4 bridgehead atoms. The third-order valence-electron chi connectivity index (χ3n) is 5.94. The fourth-order valence-corrected chi connectivity index (χ4v) is 5.47. The van der Waals surface area contributed by atoms with Crippen molar-refractivity contribution < 1.29 is 26.3 Å². The van der Waals surface area contributed by atoms with E-state index < -0.39 is 0 Å². The Morgan fingerprint density at radius 1 is 1.23 bits per heavy atom. The van der Waals surface area contributed by atoms with E-state index in [1.807, 2.05) is 16.8 Å². The minimum Gasteiger partial charge on any atom is -1.00 e. The number of nitriles is 1. The summed E-state index contributed by atoms with van der Waals surface area (Å²) in [6, 6.07) is 5.78. The number of hydrogen-bond acceptors (Lipinski definition) is 2. The Labute approximate surface area is 142 Å². The molecule has 0 N–H and O–H groups in total. The van der Waals surface area contributed by atoms with Gasteiger partial charge in [-0.2, -0.15) is 9.83 Å². The van der Waals surface area contributed by atoms with Crippen LogP contribution in [0.5, 0.6) is 0 Å². The lowest BCUT2D eigenvalue weighted by Gasteiger charge is -2.55. The van der Waals surface area contributed by atoms with E-state index in [0.29, 0.717) is 17.9 Å². The van der Waals surface area contributed by atoms with Crippen molar-refractivity contribution >= 4 is 5.78 Å². The first-order valence-electron chi connectivity index (χ1n) is 8.09. The van der Waals surface area contributed by atoms with Crippen LogP contribution in [0.15, 0.2) is 24.5 Å². The highest BCUT2D eigenvalue weighted by Crippen LogP contribution is 2.60. The molecule has 0 aliphatic heterocycles. The number of rotatable bonds is 3. The number of Topliss-reactive ketones (excluding diaryl/α,β-unsaturated/α-hetero) is 1. The molecule has 4 aliphatic carbocycles. The van der Waals surface area contributed by atoms with Crippen molar-refractivity contribution in [3.63, 3.8) is 0 Å². The molecule has 116 valence electrons. The van der Waals surface area contributed by atoms with Gasteiger partial charge in [0.2, 0.25) is 12.3 Å². The first-order chi connectivity index (χ1) is 10.2. The molecule has 0 aromatic carbocycles. The first kappa shape index (κ1) is 15.7. The van der Waals surface area contributed by atoms with Gasteiger partial charge in [-0.3, -0.25) is 4.79 Å². The van der Waals surface area contributed by atoms with Crippen LogP contribution in [0, 0.1) is 34.5 Å². The summed E-state index contributed by atoms with van der Waals surface area (Å²) in [6.45, 7) is 0.432. The number of pyridine rings is 1. The van der Waals surface area contributed by atoms with Crippen molar-refractivity contribution in [2.75, 3.05) is 0 Å². The fraction of sp³-hybridized carbons (Fsp3) is 0.611. The third kappa shape index (κ3) is 2.60. The molecule has 0 radical (unpaired) electrons. The molecule has 4 saturated carbocycles. The SMILES string of the molecule is N#Cc1ccc[n+](CC(=O)C23CC4CC(CC(C4)C2)C3)c1.[Br-]. The highest BCUT2D eigenvalue weighted by molar-refractivity contribution is 5.84. The Bertz CT molecular complexity index is 599. The molecule has 22 heavy (non-hydrogen) atoms. The van der Waals surface area contributed by atoms with E-state index in [1.54, 1.807) is 12.3 Å². The molecule has 0 saturated heterocycles. The highest BCUT2D eigenvalue weighted by atomic mass is 79.9. The second-order valence-electron chi connectivity index (χ2n) is 7.50. The minimum absolute atomic E-state index is 0. The number of carbonyl (C=O) groups is 1. The Morgan fingerprint density at radius 2 is 1.82 bits per heavy atom. The molecular formula is C18H21BrN2O. The number of carbonyl (C=O) groups excluding carboxylic acids is 1. The Morgan fingerprint density at radius 3 is 2.36 bits per heavy atom. The Kier molecular flexibility index (Phi) is 4.11. The molecule has 1 aromatic heterocycles. The van der Waals surface area contributed by atoms with Crippen LogP contribution in [0.2, 0.25) is 0 Å². The fourth-order valence-electron chi connectivity index (χ4n) is 5.47. The lowest BCUT2D eigenvalue weighted by atomic mass is 9.48. The zero-order chi connectivity index (χ0) is 14.4. The molecule has 0 spiro atoms. The minimum atomic E-state index is -0.0373. The highest BCUT2D eigenvalue weighted by Gasteiger charge is 2.54. The van der Waals surface area contributed by atoms with Crippen LogP contribution in [-0.2, 0) is 11.3 Å². The van der Waals surface area contributed by atoms with Crippen LogP contribution in [0.25, 0.3) is 0 Å². The second-order valence-corrected chi connectivity index (χ2v) is 7.50. The van der Waals surface area contributed by atoms with Crippen LogP contribution in [0.3, 0.4) is 0 Å². The van der Waals surface area contributed by atoms with Crippen molar-refractivity contribution in [2.45, 2.75) is 45.1 Å². The number of hydrogen-bond donors (Lipinski definition) is 0. The van der Waals surface area contributed by atoms with Gasteiger partial charge in [-0.1, -0.05) is 0 Å². The average Bonchev–Trinajstić information content (AvgIpc) is 2.46. The predicted octanol–water partition coefficient (Wildman–Crippen LogP) is -0.365. The van der Waals surface area contributed by atoms with E-state index in [9.17, 15) is 4.79 Å². The van der Waals surface area contributed by atoms with Crippen LogP contribution < -0.4 is 21.5 Å². The number of ketones is 1. The molecule has 5 rings (SSSR count). The van der Waals surface area contributed by atoms with Crippen LogP contribution >= 0.6 is 0 Å². The van der Waals surface area contributed by atoms with Gasteiger partial charge in [0.15, 0.2) is 12.4 Å². The summed E-state index contributed by atoms with van der Waals surface area (Å²) in [4.78, 5) is 13.0. The standard InChI is InChI=1S/C18H21N2O.BrH/c19-10-13-2-1-3-20(11-13)12-17(21)18-7-14-4-15(8-18)6-16(5-14)9-18;/h1-3,11,14-16H,4-9,12H2;1H/q+1;/p-1. The van der Waals surface area contributed by atoms with Gasteiger partial charge in [0, 0.05) is 11.5 Å². The summed E-state index contributed by atoms with van der Waals surface area (Å²) < 4.78 is 1.89. The van der Waals surface area contributed by atoms with E-state index in [-0.39, 0.29) is 22.4 Å². The lowest BCUT2D eigenvalue weighted by molar-refractivity contribution is -0.685. The summed E-state index contributed by atoms with van der Waals surface area (Å²) in [5.74, 6) is 2.81. The summed E-state index contributed by atoms with van der Waals surface area (Å²) >= 11 is 0. The van der Waals surface area contributed by atoms with Gasteiger partial charge >= 0.3 is 0 Å². The van der Waals surface area contributed by atoms with E-state index in [2.05, 4.69) is 6.07 Å². The summed E-state index contributed by atoms with van der Waals surface area (Å²) in [5.41, 5.74) is 0.584. The quantitative estimate of drug-likeness (QED) is 0.690. The van der Waals surface area contributed by atoms with Crippen molar-refractivity contribution in [2.24, 2.45) is 23.2 Å². The van der Waals surface area contributed by atoms with Crippen molar-refractivity contribution in [1.82, 2.24) is 0 Å². The maximum atomic E-state index is 13.0. The molecular weight excluding hydrogens is 340 g/mol. The molecule has 1 aromatic rings. The third-order valence-corrected chi connectivity index (χ3v) is 5.94. The molecule has 0 amide bonds. The maximum Gasteiger partial charge on any atom is 0.207 e. The van der Waals surface area contributed by atoms with E-state index in [0.717, 1.165) is 37.0 Å². The molecule has 4 aliphatic rings. The first-order valence-corrected chi connectivity index (χ1v) is 8.09. The maximum absolute atomic E-state index is 13.0. The largest absolute Gasteiger partial charge is 1.00 e. The van der Waals surface area contributed by atoms with Gasteiger partial charge in [0.25, 0.3) is 0 Å². The molecule has 0 unspecified atom stereocenters. The zero-order valence-electron chi connectivity index (χ0n) is 12.7. The number of nitrogens with zero attached hydrogens (tertiary/aromatic N) is 2. The van der Waals surface area contributed by atoms with Crippen molar-refractivity contribution in [3.05, 3.63) is 30.1 Å². The number of halogens is 1. The van der Waals surface area contributed by atoms with Gasteiger partial charge in [0.1, 0.15) is 11.6 Å². The predicted molar refractivity (Wildman–Crippen MR) is 77.0 cm³/mol. The Hall–Kier alpha value is -1.21. The summed E-state index contributed by atoms with van der Waals surface area (Å²) in [7, 11) is 0. The monoisotopic (exact) mass is 360 g/mol. The van der Waals surface area contributed by atoms with Crippen molar-refractivity contribution in [3.8, 4) is 6.07 Å². The average molecular weight is 361 g/mol. The second kappa shape index (κ2) is 5.77. The molecule has 4 heteroatoms. The van der Waals surface area contributed by atoms with Gasteiger partial charge in [-0.05, 0) is 62.3 Å². The van der Waals surface area contributed by atoms with Crippen LogP contribution in [0.1, 0.15) is 44.1 Å². The van der Waals surface area contributed by atoms with Crippen LogP contribution in [0.4, 0.5) is 0 Å². The topological polar surface area (TPSA) is 44.7 Å². The molecule has 1 heterocycles. The van der Waals surface area contributed by atoms with Gasteiger partial charge in [-0.15, -0.1) is 0 Å². The van der Waals surface area contributed by atoms with E-state index in [1.165, 1.54) is 19.3 Å². The van der Waals surface area contributed by atoms with Crippen LogP contribution in [-0.4, -0.2) is 5.78 Å². The lowest BCUT2D eigenvalue weighted by Crippen LogP contribution is -3.00. The van der Waals surface area contributed by atoms with E-state index in [4.69, 9.17) is 5.26 Å². The summed E-state index contributed by atoms with van der Waals surface area (Å²) in [6.07, 6.45) is 11.2. The molecule has 0 atom stereocenters. The zero-order valence-corrected chi connectivity index (χ0v) is 14.3. The van der Waals surface area contributed by atoms with Gasteiger partial charge in [0.05, 0.1) is 0 Å². The van der Waals surface area contributed by atoms with Gasteiger partial charge < -0.3 is 17.0 Å². The molecule has 4 fully saturated rings. The molecule has 3 nitrogen and oxygen atoms in total. The normalized spacial score (nSPS) is 34.8.